The van der Waals surface area contributed by atoms with E-state index in [2.05, 4.69) is 5.32 Å². The average Bonchev–Trinajstić information content (AvgIpc) is 2.97. The van der Waals surface area contributed by atoms with Gasteiger partial charge < -0.3 is 19.5 Å². The number of imide groups is 1. The van der Waals surface area contributed by atoms with Crippen molar-refractivity contribution < 1.29 is 23.8 Å². The number of ether oxygens (including phenoxy) is 3. The quantitative estimate of drug-likeness (QED) is 0.657. The molecule has 1 aliphatic rings. The molecule has 0 saturated heterocycles. The molecule has 3 rings (SSSR count). The van der Waals surface area contributed by atoms with Crippen LogP contribution in [0, 0.1) is 0 Å². The lowest BCUT2D eigenvalue weighted by Crippen LogP contribution is -2.35. The van der Waals surface area contributed by atoms with Crippen molar-refractivity contribution in [3.05, 3.63) is 59.8 Å². The number of nitrogens with one attached hydrogen (secondary N) is 1. The predicted molar refractivity (Wildman–Crippen MR) is 110 cm³/mol. The number of anilines is 1. The molecule has 2 amide bonds. The maximum Gasteiger partial charge on any atom is 0.278 e. The molecule has 0 aliphatic carbocycles. The lowest BCUT2D eigenvalue weighted by atomic mass is 10.0. The topological polar surface area (TPSA) is 77.1 Å². The van der Waals surface area contributed by atoms with Crippen LogP contribution in [0.25, 0.3) is 5.57 Å². The molecule has 0 radical (unpaired) electrons. The van der Waals surface area contributed by atoms with Gasteiger partial charge in [-0.05, 0) is 36.8 Å². The van der Waals surface area contributed by atoms with Gasteiger partial charge in [0.2, 0.25) is 0 Å². The molecule has 2 aromatic carbocycles. The maximum absolute atomic E-state index is 13.1. The second kappa shape index (κ2) is 9.25. The number of amides is 2. The second-order valence-electron chi connectivity index (χ2n) is 6.29. The van der Waals surface area contributed by atoms with Gasteiger partial charge in [-0.15, -0.1) is 0 Å². The number of hydrogen-bond donors (Lipinski definition) is 1. The fourth-order valence-corrected chi connectivity index (χ4v) is 3.11. The number of methoxy groups -OCH3 is 2. The Balaban J connectivity index is 2.03. The Bertz CT molecular complexity index is 921. The molecule has 7 nitrogen and oxygen atoms in total. The summed E-state index contributed by atoms with van der Waals surface area (Å²) in [7, 11) is 3.08. The van der Waals surface area contributed by atoms with E-state index in [0.29, 0.717) is 34.9 Å². The molecule has 1 heterocycles. The Kier molecular flexibility index (Phi) is 6.51. The van der Waals surface area contributed by atoms with Crippen molar-refractivity contribution in [2.24, 2.45) is 0 Å². The number of benzene rings is 2. The molecular formula is C22H24N2O5. The highest BCUT2D eigenvalue weighted by molar-refractivity contribution is 6.36. The minimum absolute atomic E-state index is 0.172. The minimum atomic E-state index is -0.401. The summed E-state index contributed by atoms with van der Waals surface area (Å²) in [6, 6.07) is 14.3. The number of nitrogens with zero attached hydrogens (tertiary/aromatic N) is 1. The first-order chi connectivity index (χ1) is 14.1. The normalized spacial score (nSPS) is 13.8. The third-order valence-corrected chi connectivity index (χ3v) is 4.51. The molecule has 0 fully saturated rings. The summed E-state index contributed by atoms with van der Waals surface area (Å²) in [6.45, 7) is 2.88. The molecule has 1 N–H and O–H groups in total. The predicted octanol–water partition coefficient (Wildman–Crippen LogP) is 2.93. The van der Waals surface area contributed by atoms with Gasteiger partial charge in [0.25, 0.3) is 11.8 Å². The van der Waals surface area contributed by atoms with Crippen LogP contribution < -0.4 is 14.8 Å². The molecule has 0 aromatic heterocycles. The Morgan fingerprint density at radius 3 is 2.34 bits per heavy atom. The summed E-state index contributed by atoms with van der Waals surface area (Å²) in [5, 5.41) is 3.11. The largest absolute Gasteiger partial charge is 0.495 e. The summed E-state index contributed by atoms with van der Waals surface area (Å²) in [5.74, 6) is 0.501. The van der Waals surface area contributed by atoms with E-state index in [1.807, 2.05) is 19.1 Å². The fraction of sp³-hybridized carbons (Fsp3) is 0.273. The van der Waals surface area contributed by atoms with E-state index in [4.69, 9.17) is 14.2 Å². The number of carbonyl (C=O) groups is 2. The first kappa shape index (κ1) is 20.4. The standard InChI is InChI=1S/C22H24N2O5/c1-4-29-16-11-9-15(10-12-16)19-20(22(26)24(21(19)25)13-14-27-2)23-17-7-5-6-8-18(17)28-3/h5-12,23H,4,13-14H2,1-3H3. The van der Waals surface area contributed by atoms with E-state index >= 15 is 0 Å². The first-order valence-electron chi connectivity index (χ1n) is 9.33. The first-order valence-corrected chi connectivity index (χ1v) is 9.33. The van der Waals surface area contributed by atoms with Crippen molar-refractivity contribution in [1.82, 2.24) is 4.90 Å². The van der Waals surface area contributed by atoms with Gasteiger partial charge in [-0.25, -0.2) is 0 Å². The minimum Gasteiger partial charge on any atom is -0.495 e. The van der Waals surface area contributed by atoms with Crippen molar-refractivity contribution in [3.63, 3.8) is 0 Å². The van der Waals surface area contributed by atoms with Crippen molar-refractivity contribution in [2.45, 2.75) is 6.92 Å². The number of hydrogen-bond acceptors (Lipinski definition) is 6. The average molecular weight is 396 g/mol. The zero-order valence-corrected chi connectivity index (χ0v) is 16.7. The Hall–Kier alpha value is -3.32. The van der Waals surface area contributed by atoms with E-state index in [-0.39, 0.29) is 24.8 Å². The van der Waals surface area contributed by atoms with Crippen LogP contribution in [0.15, 0.2) is 54.2 Å². The third kappa shape index (κ3) is 4.25. The molecular weight excluding hydrogens is 372 g/mol. The van der Waals surface area contributed by atoms with Gasteiger partial charge in [0, 0.05) is 7.11 Å². The Morgan fingerprint density at radius 2 is 1.69 bits per heavy atom. The second-order valence-corrected chi connectivity index (χ2v) is 6.29. The van der Waals surface area contributed by atoms with Crippen molar-refractivity contribution in [2.75, 3.05) is 39.3 Å². The summed E-state index contributed by atoms with van der Waals surface area (Å²) in [4.78, 5) is 27.3. The SMILES string of the molecule is CCOc1ccc(C2=C(Nc3ccccc3OC)C(=O)N(CCOC)C2=O)cc1. The highest BCUT2D eigenvalue weighted by atomic mass is 16.5. The van der Waals surface area contributed by atoms with Gasteiger partial charge in [-0.2, -0.15) is 0 Å². The highest BCUT2D eigenvalue weighted by Gasteiger charge is 2.39. The van der Waals surface area contributed by atoms with E-state index < -0.39 is 5.91 Å². The number of carbonyl (C=O) groups excluding carboxylic acids is 2. The van der Waals surface area contributed by atoms with E-state index in [1.165, 1.54) is 12.0 Å². The molecule has 1 aliphatic heterocycles. The zero-order valence-electron chi connectivity index (χ0n) is 16.7. The maximum atomic E-state index is 13.1. The van der Waals surface area contributed by atoms with Crippen LogP contribution in [0.3, 0.4) is 0 Å². The molecule has 0 unspecified atom stereocenters. The van der Waals surface area contributed by atoms with Crippen molar-refractivity contribution >= 4 is 23.1 Å². The van der Waals surface area contributed by atoms with Gasteiger partial charge in [-0.3, -0.25) is 14.5 Å². The highest BCUT2D eigenvalue weighted by Crippen LogP contribution is 2.33. The van der Waals surface area contributed by atoms with Gasteiger partial charge in [0.05, 0.1) is 38.1 Å². The van der Waals surface area contributed by atoms with Crippen LogP contribution in [0.1, 0.15) is 12.5 Å². The molecule has 0 saturated carbocycles. The smallest absolute Gasteiger partial charge is 0.278 e. The zero-order chi connectivity index (χ0) is 20.8. The molecule has 0 bridgehead atoms. The molecule has 0 spiro atoms. The van der Waals surface area contributed by atoms with E-state index in [1.54, 1.807) is 43.5 Å². The van der Waals surface area contributed by atoms with Gasteiger partial charge >= 0.3 is 0 Å². The van der Waals surface area contributed by atoms with Crippen LogP contribution in [-0.4, -0.2) is 50.7 Å². The summed E-state index contributed by atoms with van der Waals surface area (Å²) in [5.41, 5.74) is 1.74. The van der Waals surface area contributed by atoms with Crippen LogP contribution in [0.5, 0.6) is 11.5 Å². The summed E-state index contributed by atoms with van der Waals surface area (Å²) in [6.07, 6.45) is 0. The molecule has 2 aromatic rings. The van der Waals surface area contributed by atoms with E-state index in [9.17, 15) is 9.59 Å². The monoisotopic (exact) mass is 396 g/mol. The molecule has 152 valence electrons. The summed E-state index contributed by atoms with van der Waals surface area (Å²) >= 11 is 0. The molecule has 0 atom stereocenters. The Labute approximate surface area is 169 Å². The van der Waals surface area contributed by atoms with Gasteiger partial charge in [0.15, 0.2) is 0 Å². The van der Waals surface area contributed by atoms with Crippen molar-refractivity contribution in [1.29, 1.82) is 0 Å². The van der Waals surface area contributed by atoms with Crippen LogP contribution in [0.2, 0.25) is 0 Å². The fourth-order valence-electron chi connectivity index (χ4n) is 3.11. The van der Waals surface area contributed by atoms with Crippen LogP contribution >= 0.6 is 0 Å². The lowest BCUT2D eigenvalue weighted by Gasteiger charge is -2.15. The molecule has 29 heavy (non-hydrogen) atoms. The van der Waals surface area contributed by atoms with Crippen LogP contribution in [-0.2, 0) is 14.3 Å². The number of rotatable bonds is 9. The van der Waals surface area contributed by atoms with E-state index in [0.717, 1.165) is 0 Å². The Morgan fingerprint density at radius 1 is 0.966 bits per heavy atom. The van der Waals surface area contributed by atoms with Crippen LogP contribution in [0.4, 0.5) is 5.69 Å². The van der Waals surface area contributed by atoms with Gasteiger partial charge in [-0.1, -0.05) is 24.3 Å². The third-order valence-electron chi connectivity index (χ3n) is 4.51. The van der Waals surface area contributed by atoms with Gasteiger partial charge in [0.1, 0.15) is 17.2 Å². The summed E-state index contributed by atoms with van der Waals surface area (Å²) < 4.78 is 15.9. The molecule has 7 heteroatoms. The van der Waals surface area contributed by atoms with Crippen molar-refractivity contribution in [3.8, 4) is 11.5 Å². The lowest BCUT2D eigenvalue weighted by molar-refractivity contribution is -0.137. The number of para-hydroxylation sites is 2.